The van der Waals surface area contributed by atoms with Crippen molar-refractivity contribution in [2.45, 2.75) is 13.1 Å². The molecule has 166 valence electrons. The molecule has 0 radical (unpaired) electrons. The molecule has 0 aliphatic carbocycles. The summed E-state index contributed by atoms with van der Waals surface area (Å²) in [6.45, 7) is 1.96. The number of aliphatic hydroxyl groups excluding tert-OH is 1. The number of benzene rings is 1. The molecule has 0 bridgehead atoms. The van der Waals surface area contributed by atoms with Crippen molar-refractivity contribution >= 4 is 22.8 Å². The van der Waals surface area contributed by atoms with Crippen LogP contribution in [0.4, 0.5) is 34.8 Å². The van der Waals surface area contributed by atoms with Gasteiger partial charge in [0.05, 0.1) is 29.3 Å². The molecule has 0 saturated heterocycles. The average Bonchev–Trinajstić information content (AvgIpc) is 3.06. The van der Waals surface area contributed by atoms with Gasteiger partial charge in [-0.05, 0) is 49.4 Å². The second-order valence-electron chi connectivity index (χ2n) is 7.10. The van der Waals surface area contributed by atoms with E-state index in [1.54, 1.807) is 29.5 Å². The number of alkyl halides is 3. The van der Waals surface area contributed by atoms with Gasteiger partial charge in [-0.3, -0.25) is 4.40 Å². The highest BCUT2D eigenvalue weighted by atomic mass is 19.4. The largest absolute Gasteiger partial charge is 0.416 e. The molecule has 3 N–H and O–H groups in total. The van der Waals surface area contributed by atoms with Crippen LogP contribution < -0.4 is 10.6 Å². The molecule has 0 unspecified atom stereocenters. The van der Waals surface area contributed by atoms with Crippen LogP contribution in [0.2, 0.25) is 0 Å². The third-order valence-corrected chi connectivity index (χ3v) is 4.75. The zero-order chi connectivity index (χ0) is 22.9. The molecular formula is C22H19F4N5O. The molecular weight excluding hydrogens is 426 g/mol. The minimum atomic E-state index is -4.42. The van der Waals surface area contributed by atoms with Gasteiger partial charge in [0, 0.05) is 30.2 Å². The van der Waals surface area contributed by atoms with E-state index in [0.29, 0.717) is 39.9 Å². The van der Waals surface area contributed by atoms with Crippen LogP contribution in [0.5, 0.6) is 0 Å². The number of nitrogens with one attached hydrogen (secondary N) is 2. The van der Waals surface area contributed by atoms with Crippen LogP contribution in [0, 0.1) is 12.7 Å². The first-order valence-corrected chi connectivity index (χ1v) is 9.70. The molecule has 3 aromatic heterocycles. The van der Waals surface area contributed by atoms with Crippen LogP contribution in [0.1, 0.15) is 11.3 Å². The number of fused-ring (bicyclic) bond motifs is 1. The molecule has 4 rings (SSSR count). The Bertz CT molecular complexity index is 1250. The summed E-state index contributed by atoms with van der Waals surface area (Å²) in [5, 5.41) is 15.2. The molecule has 10 heteroatoms. The molecule has 6 nitrogen and oxygen atoms in total. The first-order chi connectivity index (χ1) is 15.2. The minimum absolute atomic E-state index is 0.0980. The predicted octanol–water partition coefficient (Wildman–Crippen LogP) is 5.01. The summed E-state index contributed by atoms with van der Waals surface area (Å²) in [6.07, 6.45) is -3.11. The van der Waals surface area contributed by atoms with E-state index in [0.717, 1.165) is 12.1 Å². The Morgan fingerprint density at radius 1 is 1.00 bits per heavy atom. The number of halogens is 4. The van der Waals surface area contributed by atoms with Crippen molar-refractivity contribution in [3.8, 4) is 11.4 Å². The van der Waals surface area contributed by atoms with E-state index in [9.17, 15) is 17.6 Å². The fraction of sp³-hybridized carbons (Fsp3) is 0.182. The SMILES string of the molecule is Cc1nc2ccc(F)cn2c1-c1cc(NCCO)cc(Nc2ccc(C(F)(F)F)cc2)n1. The van der Waals surface area contributed by atoms with E-state index < -0.39 is 17.6 Å². The summed E-state index contributed by atoms with van der Waals surface area (Å²) in [4.78, 5) is 9.01. The molecule has 0 atom stereocenters. The Hall–Kier alpha value is -3.66. The van der Waals surface area contributed by atoms with Gasteiger partial charge in [-0.1, -0.05) is 0 Å². The Morgan fingerprint density at radius 2 is 1.75 bits per heavy atom. The number of aromatic nitrogens is 3. The lowest BCUT2D eigenvalue weighted by molar-refractivity contribution is -0.137. The van der Waals surface area contributed by atoms with Crippen molar-refractivity contribution in [2.75, 3.05) is 23.8 Å². The summed E-state index contributed by atoms with van der Waals surface area (Å²) in [7, 11) is 0. The number of nitrogens with zero attached hydrogens (tertiary/aromatic N) is 3. The van der Waals surface area contributed by atoms with Gasteiger partial charge >= 0.3 is 6.18 Å². The minimum Gasteiger partial charge on any atom is -0.395 e. The van der Waals surface area contributed by atoms with Gasteiger partial charge in [0.1, 0.15) is 17.3 Å². The van der Waals surface area contributed by atoms with Gasteiger partial charge in [-0.15, -0.1) is 0 Å². The fourth-order valence-electron chi connectivity index (χ4n) is 3.35. The van der Waals surface area contributed by atoms with Gasteiger partial charge in [0.25, 0.3) is 0 Å². The quantitative estimate of drug-likeness (QED) is 0.364. The van der Waals surface area contributed by atoms with Crippen LogP contribution in [-0.4, -0.2) is 32.6 Å². The third kappa shape index (κ3) is 4.50. The van der Waals surface area contributed by atoms with Crippen molar-refractivity contribution in [2.24, 2.45) is 0 Å². The van der Waals surface area contributed by atoms with Gasteiger partial charge < -0.3 is 15.7 Å². The molecule has 4 aromatic rings. The van der Waals surface area contributed by atoms with Crippen molar-refractivity contribution in [3.05, 3.63) is 71.8 Å². The highest BCUT2D eigenvalue weighted by Crippen LogP contribution is 2.32. The third-order valence-electron chi connectivity index (χ3n) is 4.75. The van der Waals surface area contributed by atoms with Crippen molar-refractivity contribution < 1.29 is 22.7 Å². The highest BCUT2D eigenvalue weighted by molar-refractivity contribution is 5.72. The number of anilines is 3. The van der Waals surface area contributed by atoms with Gasteiger partial charge in [0.15, 0.2) is 0 Å². The van der Waals surface area contributed by atoms with E-state index in [1.807, 2.05) is 0 Å². The molecule has 0 aliphatic heterocycles. The van der Waals surface area contributed by atoms with Crippen LogP contribution in [0.3, 0.4) is 0 Å². The Balaban J connectivity index is 1.75. The summed E-state index contributed by atoms with van der Waals surface area (Å²) < 4.78 is 53.9. The number of aliphatic hydroxyl groups is 1. The normalized spacial score (nSPS) is 11.7. The highest BCUT2D eigenvalue weighted by Gasteiger charge is 2.30. The number of hydrogen-bond donors (Lipinski definition) is 3. The van der Waals surface area contributed by atoms with Crippen molar-refractivity contribution in [3.63, 3.8) is 0 Å². The second kappa shape index (κ2) is 8.46. The summed E-state index contributed by atoms with van der Waals surface area (Å²) in [6, 6.07) is 10.9. The second-order valence-corrected chi connectivity index (χ2v) is 7.10. The van der Waals surface area contributed by atoms with E-state index in [2.05, 4.69) is 20.6 Å². The first-order valence-electron chi connectivity index (χ1n) is 9.70. The summed E-state index contributed by atoms with van der Waals surface area (Å²) in [5.41, 5.74) is 2.49. The number of aryl methyl sites for hydroxylation is 1. The zero-order valence-electron chi connectivity index (χ0n) is 16.9. The molecule has 0 aliphatic rings. The van der Waals surface area contributed by atoms with Crippen molar-refractivity contribution in [1.29, 1.82) is 0 Å². The Kier molecular flexibility index (Phi) is 5.70. The molecule has 32 heavy (non-hydrogen) atoms. The number of rotatable bonds is 6. The molecule has 0 fully saturated rings. The average molecular weight is 445 g/mol. The maximum Gasteiger partial charge on any atom is 0.416 e. The van der Waals surface area contributed by atoms with E-state index in [1.165, 1.54) is 24.4 Å². The van der Waals surface area contributed by atoms with Gasteiger partial charge in [0.2, 0.25) is 0 Å². The molecule has 0 spiro atoms. The summed E-state index contributed by atoms with van der Waals surface area (Å²) in [5.74, 6) is -0.0812. The van der Waals surface area contributed by atoms with Crippen LogP contribution in [0.15, 0.2) is 54.7 Å². The molecule has 3 heterocycles. The van der Waals surface area contributed by atoms with E-state index in [4.69, 9.17) is 5.11 Å². The van der Waals surface area contributed by atoms with E-state index >= 15 is 0 Å². The number of pyridine rings is 2. The molecule has 0 amide bonds. The van der Waals surface area contributed by atoms with Crippen LogP contribution in [0.25, 0.3) is 17.0 Å². The maximum atomic E-state index is 13.9. The van der Waals surface area contributed by atoms with E-state index in [-0.39, 0.29) is 13.2 Å². The number of imidazole rings is 1. The van der Waals surface area contributed by atoms with Crippen LogP contribution in [-0.2, 0) is 6.18 Å². The molecule has 1 aromatic carbocycles. The van der Waals surface area contributed by atoms with Crippen LogP contribution >= 0.6 is 0 Å². The lowest BCUT2D eigenvalue weighted by atomic mass is 10.2. The number of hydrogen-bond acceptors (Lipinski definition) is 5. The Morgan fingerprint density at radius 3 is 2.44 bits per heavy atom. The molecule has 0 saturated carbocycles. The topological polar surface area (TPSA) is 74.5 Å². The monoisotopic (exact) mass is 445 g/mol. The zero-order valence-corrected chi connectivity index (χ0v) is 16.9. The first kappa shape index (κ1) is 21.6. The standard InChI is InChI=1S/C22H19F4N5O/c1-13-21(31-12-15(23)4-7-20(31)28-13)18-10-17(27-8-9-32)11-19(30-18)29-16-5-2-14(3-6-16)22(24,25)26/h2-7,10-12,32H,8-9H2,1H3,(H2,27,29,30). The fourth-order valence-corrected chi connectivity index (χ4v) is 3.35. The maximum absolute atomic E-state index is 13.9. The van der Waals surface area contributed by atoms with Gasteiger partial charge in [-0.25, -0.2) is 14.4 Å². The van der Waals surface area contributed by atoms with Crippen molar-refractivity contribution in [1.82, 2.24) is 14.4 Å². The smallest absolute Gasteiger partial charge is 0.395 e. The summed E-state index contributed by atoms with van der Waals surface area (Å²) >= 11 is 0. The lowest BCUT2D eigenvalue weighted by Gasteiger charge is -2.13. The van der Waals surface area contributed by atoms with Gasteiger partial charge in [-0.2, -0.15) is 13.2 Å². The predicted molar refractivity (Wildman–Crippen MR) is 113 cm³/mol. The lowest BCUT2D eigenvalue weighted by Crippen LogP contribution is -2.07. The Labute approximate surface area is 180 Å².